The molecule has 0 amide bonds. The van der Waals surface area contributed by atoms with E-state index in [2.05, 4.69) is 6.58 Å². The van der Waals surface area contributed by atoms with Crippen molar-refractivity contribution in [3.63, 3.8) is 0 Å². The van der Waals surface area contributed by atoms with E-state index in [1.54, 1.807) is 7.11 Å². The van der Waals surface area contributed by atoms with Crippen molar-refractivity contribution in [2.24, 2.45) is 5.92 Å². The topological polar surface area (TPSA) is 80.3 Å². The van der Waals surface area contributed by atoms with Gasteiger partial charge in [-0.05, 0) is 38.5 Å². The third-order valence-electron chi connectivity index (χ3n) is 6.00. The summed E-state index contributed by atoms with van der Waals surface area (Å²) >= 11 is 0. The fourth-order valence-electron chi connectivity index (χ4n) is 4.41. The van der Waals surface area contributed by atoms with Crippen LogP contribution in [-0.4, -0.2) is 69.2 Å². The smallest absolute Gasteiger partial charge is 0.332 e. The van der Waals surface area contributed by atoms with Gasteiger partial charge in [0.1, 0.15) is 19.3 Å². The molecule has 0 spiro atoms. The van der Waals surface area contributed by atoms with Gasteiger partial charge in [0.2, 0.25) is 0 Å². The third kappa shape index (κ3) is 5.63. The molecule has 3 rings (SSSR count). The summed E-state index contributed by atoms with van der Waals surface area (Å²) in [7, 11) is 1.74. The van der Waals surface area contributed by atoms with E-state index >= 15 is 0 Å². The van der Waals surface area contributed by atoms with Gasteiger partial charge in [0.05, 0.1) is 31.0 Å². The molecule has 28 heavy (non-hydrogen) atoms. The highest BCUT2D eigenvalue weighted by Crippen LogP contribution is 2.35. The number of hydrogen-bond acceptors (Lipinski definition) is 7. The Balaban J connectivity index is 1.42. The number of fused-ring (bicyclic) bond motifs is 1. The summed E-state index contributed by atoms with van der Waals surface area (Å²) in [5, 5.41) is 0. The van der Waals surface area contributed by atoms with Crippen LogP contribution in [0.3, 0.4) is 0 Å². The normalized spacial score (nSPS) is 35.8. The number of carbonyl (C=O) groups excluding carboxylic acids is 2. The molecular formula is C21H32O7. The molecule has 0 radical (unpaired) electrons. The highest BCUT2D eigenvalue weighted by Gasteiger charge is 2.44. The van der Waals surface area contributed by atoms with Gasteiger partial charge in [-0.25, -0.2) is 4.79 Å². The summed E-state index contributed by atoms with van der Waals surface area (Å²) in [5.74, 6) is -0.380. The second kappa shape index (κ2) is 10.5. The van der Waals surface area contributed by atoms with Crippen molar-refractivity contribution >= 4 is 11.8 Å². The Labute approximate surface area is 166 Å². The fraction of sp³-hybridized carbons (Fsp3) is 0.810. The highest BCUT2D eigenvalue weighted by atomic mass is 16.6. The SMILES string of the molecule is C=CCOC(=O)COC1CCC2C(=O)C(OC3CCC(OC)CC3)COC2C1. The van der Waals surface area contributed by atoms with Crippen LogP contribution >= 0.6 is 0 Å². The molecule has 3 fully saturated rings. The summed E-state index contributed by atoms with van der Waals surface area (Å²) in [4.78, 5) is 24.4. The van der Waals surface area contributed by atoms with Gasteiger partial charge in [-0.1, -0.05) is 12.7 Å². The van der Waals surface area contributed by atoms with Crippen LogP contribution in [0, 0.1) is 5.92 Å². The molecule has 158 valence electrons. The van der Waals surface area contributed by atoms with Crippen molar-refractivity contribution in [1.29, 1.82) is 0 Å². The number of carbonyl (C=O) groups is 2. The summed E-state index contributed by atoms with van der Waals surface area (Å²) in [6, 6.07) is 0. The number of ether oxygens (including phenoxy) is 5. The Morgan fingerprint density at radius 1 is 1.14 bits per heavy atom. The van der Waals surface area contributed by atoms with Gasteiger partial charge in [-0.3, -0.25) is 4.79 Å². The van der Waals surface area contributed by atoms with E-state index in [1.165, 1.54) is 6.08 Å². The molecule has 1 saturated heterocycles. The zero-order valence-corrected chi connectivity index (χ0v) is 16.7. The van der Waals surface area contributed by atoms with Gasteiger partial charge < -0.3 is 23.7 Å². The Morgan fingerprint density at radius 3 is 2.57 bits per heavy atom. The molecule has 4 atom stereocenters. The molecule has 1 heterocycles. The van der Waals surface area contributed by atoms with Gasteiger partial charge in [-0.15, -0.1) is 0 Å². The molecule has 0 aromatic carbocycles. The van der Waals surface area contributed by atoms with Crippen LogP contribution in [0.25, 0.3) is 0 Å². The zero-order valence-electron chi connectivity index (χ0n) is 16.7. The van der Waals surface area contributed by atoms with Crippen molar-refractivity contribution in [2.45, 2.75) is 75.5 Å². The Hall–Kier alpha value is -1.28. The van der Waals surface area contributed by atoms with E-state index in [4.69, 9.17) is 23.7 Å². The van der Waals surface area contributed by atoms with Crippen LogP contribution < -0.4 is 0 Å². The maximum Gasteiger partial charge on any atom is 0.332 e. The summed E-state index contributed by atoms with van der Waals surface area (Å²) in [6.07, 6.45) is 7.10. The van der Waals surface area contributed by atoms with Crippen LogP contribution in [-0.2, 0) is 33.3 Å². The summed E-state index contributed by atoms with van der Waals surface area (Å²) < 4.78 is 28.0. The molecule has 1 aliphatic heterocycles. The van der Waals surface area contributed by atoms with Crippen molar-refractivity contribution in [2.75, 3.05) is 26.9 Å². The number of methoxy groups -OCH3 is 1. The minimum Gasteiger partial charge on any atom is -0.460 e. The molecule has 0 N–H and O–H groups in total. The van der Waals surface area contributed by atoms with Crippen molar-refractivity contribution in [3.8, 4) is 0 Å². The minimum absolute atomic E-state index is 0.0836. The summed E-state index contributed by atoms with van der Waals surface area (Å²) in [5.41, 5.74) is 0. The predicted octanol–water partition coefficient (Wildman–Crippen LogP) is 2.21. The Kier molecular flexibility index (Phi) is 8.02. The molecule has 3 aliphatic rings. The Bertz CT molecular complexity index is 541. The quantitative estimate of drug-likeness (QED) is 0.460. The first-order chi connectivity index (χ1) is 13.6. The van der Waals surface area contributed by atoms with Gasteiger partial charge in [-0.2, -0.15) is 0 Å². The lowest BCUT2D eigenvalue weighted by Crippen LogP contribution is -2.51. The zero-order chi connectivity index (χ0) is 19.9. The molecule has 0 bridgehead atoms. The number of Topliss-reactive ketones (excluding diaryl/α,β-unsaturated/α-hetero) is 1. The third-order valence-corrected chi connectivity index (χ3v) is 6.00. The first-order valence-electron chi connectivity index (χ1n) is 10.3. The van der Waals surface area contributed by atoms with Gasteiger partial charge in [0.15, 0.2) is 5.78 Å². The molecular weight excluding hydrogens is 364 g/mol. The fourth-order valence-corrected chi connectivity index (χ4v) is 4.41. The first kappa shape index (κ1) is 21.4. The lowest BCUT2D eigenvalue weighted by atomic mass is 9.79. The second-order valence-corrected chi connectivity index (χ2v) is 7.86. The predicted molar refractivity (Wildman–Crippen MR) is 101 cm³/mol. The maximum absolute atomic E-state index is 12.9. The lowest BCUT2D eigenvalue weighted by Gasteiger charge is -2.41. The number of esters is 1. The monoisotopic (exact) mass is 396 g/mol. The van der Waals surface area contributed by atoms with Crippen LogP contribution in [0.5, 0.6) is 0 Å². The molecule has 0 aromatic rings. The molecule has 2 aliphatic carbocycles. The molecule has 7 nitrogen and oxygen atoms in total. The van der Waals surface area contributed by atoms with E-state index in [9.17, 15) is 9.59 Å². The van der Waals surface area contributed by atoms with Crippen LogP contribution in [0.2, 0.25) is 0 Å². The van der Waals surface area contributed by atoms with Crippen molar-refractivity contribution < 1.29 is 33.3 Å². The standard InChI is InChI=1S/C21H32O7/c1-3-10-25-20(22)13-26-16-8-9-17-18(11-16)27-12-19(21(17)23)28-15-6-4-14(24-2)5-7-15/h3,14-19H,1,4-13H2,2H3. The molecule has 7 heteroatoms. The average Bonchev–Trinajstić information content (AvgIpc) is 2.73. The second-order valence-electron chi connectivity index (χ2n) is 7.86. The number of hydrogen-bond donors (Lipinski definition) is 0. The molecule has 4 unspecified atom stereocenters. The number of ketones is 1. The van der Waals surface area contributed by atoms with E-state index in [1.807, 2.05) is 0 Å². The average molecular weight is 396 g/mol. The first-order valence-corrected chi connectivity index (χ1v) is 10.3. The molecule has 0 aromatic heterocycles. The van der Waals surface area contributed by atoms with Gasteiger partial charge >= 0.3 is 5.97 Å². The summed E-state index contributed by atoms with van der Waals surface area (Å²) in [6.45, 7) is 3.91. The highest BCUT2D eigenvalue weighted by molar-refractivity contribution is 5.87. The van der Waals surface area contributed by atoms with Crippen molar-refractivity contribution in [1.82, 2.24) is 0 Å². The van der Waals surface area contributed by atoms with E-state index in [-0.39, 0.29) is 43.2 Å². The van der Waals surface area contributed by atoms with Crippen LogP contribution in [0.15, 0.2) is 12.7 Å². The van der Waals surface area contributed by atoms with Crippen LogP contribution in [0.4, 0.5) is 0 Å². The minimum atomic E-state index is -0.461. The largest absolute Gasteiger partial charge is 0.460 e. The van der Waals surface area contributed by atoms with Crippen molar-refractivity contribution in [3.05, 3.63) is 12.7 Å². The number of rotatable bonds is 8. The van der Waals surface area contributed by atoms with Gasteiger partial charge in [0.25, 0.3) is 0 Å². The van der Waals surface area contributed by atoms with E-state index in [0.717, 1.165) is 32.1 Å². The van der Waals surface area contributed by atoms with E-state index < -0.39 is 12.1 Å². The maximum atomic E-state index is 12.9. The Morgan fingerprint density at radius 2 is 1.86 bits per heavy atom. The van der Waals surface area contributed by atoms with Gasteiger partial charge in [0, 0.05) is 19.4 Å². The van der Waals surface area contributed by atoms with E-state index in [0.29, 0.717) is 25.6 Å². The van der Waals surface area contributed by atoms with Crippen LogP contribution in [0.1, 0.15) is 44.9 Å². The lowest BCUT2D eigenvalue weighted by molar-refractivity contribution is -0.181. The molecule has 2 saturated carbocycles.